The monoisotopic (exact) mass is 358 g/mol. The van der Waals surface area contributed by atoms with E-state index in [1.165, 1.54) is 0 Å². The van der Waals surface area contributed by atoms with Crippen molar-refractivity contribution in [3.8, 4) is 0 Å². The van der Waals surface area contributed by atoms with Gasteiger partial charge in [-0.25, -0.2) is 13.8 Å². The molecule has 2 nitrogen and oxygen atoms in total. The molecular formula is C10H10ClF2IN2. The first-order chi connectivity index (χ1) is 7.46. The van der Waals surface area contributed by atoms with E-state index >= 15 is 0 Å². The summed E-state index contributed by atoms with van der Waals surface area (Å²) in [4.78, 5) is 6.00. The standard InChI is InChI=1S/C10H10ClF2IN2/c11-8-5-7(14)6-9(15-8)16-3-1-10(12,13)2-4-16/h5-6H,1-4H2. The first-order valence-corrected chi connectivity index (χ1v) is 6.38. The predicted octanol–water partition coefficient (Wildman–Crippen LogP) is 3.58. The third-order valence-corrected chi connectivity index (χ3v) is 3.38. The number of anilines is 1. The number of hydrogen-bond acceptors (Lipinski definition) is 2. The molecule has 2 rings (SSSR count). The Kier molecular flexibility index (Phi) is 3.53. The maximum Gasteiger partial charge on any atom is 0.251 e. The van der Waals surface area contributed by atoms with Crippen LogP contribution in [-0.4, -0.2) is 24.0 Å². The molecule has 1 aliphatic heterocycles. The average molecular weight is 359 g/mol. The zero-order valence-electron chi connectivity index (χ0n) is 8.39. The number of nitrogens with zero attached hydrogens (tertiary/aromatic N) is 2. The molecule has 1 aliphatic rings. The van der Waals surface area contributed by atoms with Gasteiger partial charge in [-0.1, -0.05) is 11.6 Å². The number of halogens is 4. The zero-order chi connectivity index (χ0) is 11.8. The molecule has 0 aromatic carbocycles. The van der Waals surface area contributed by atoms with E-state index in [1.807, 2.05) is 11.0 Å². The van der Waals surface area contributed by atoms with Crippen LogP contribution < -0.4 is 4.90 Å². The van der Waals surface area contributed by atoms with Crippen LogP contribution in [0.15, 0.2) is 12.1 Å². The van der Waals surface area contributed by atoms with Crippen molar-refractivity contribution in [2.75, 3.05) is 18.0 Å². The molecule has 0 amide bonds. The van der Waals surface area contributed by atoms with Gasteiger partial charge in [0.1, 0.15) is 11.0 Å². The summed E-state index contributed by atoms with van der Waals surface area (Å²) in [5.41, 5.74) is 0. The minimum atomic E-state index is -2.53. The molecular weight excluding hydrogens is 348 g/mol. The highest BCUT2D eigenvalue weighted by molar-refractivity contribution is 14.1. The summed E-state index contributed by atoms with van der Waals surface area (Å²) in [5, 5.41) is 0.402. The zero-order valence-corrected chi connectivity index (χ0v) is 11.3. The molecule has 0 atom stereocenters. The molecule has 1 aromatic heterocycles. The molecule has 6 heteroatoms. The molecule has 0 saturated carbocycles. The second kappa shape index (κ2) is 4.60. The third kappa shape index (κ3) is 2.94. The van der Waals surface area contributed by atoms with E-state index in [9.17, 15) is 8.78 Å². The molecule has 1 aromatic rings. The molecule has 0 spiro atoms. The molecule has 0 N–H and O–H groups in total. The number of rotatable bonds is 1. The molecule has 0 radical (unpaired) electrons. The number of pyridine rings is 1. The van der Waals surface area contributed by atoms with E-state index in [2.05, 4.69) is 27.6 Å². The number of alkyl halides is 2. The Balaban J connectivity index is 2.14. The Bertz CT molecular complexity index is 370. The van der Waals surface area contributed by atoms with Crippen molar-refractivity contribution in [2.24, 2.45) is 0 Å². The van der Waals surface area contributed by atoms with Crippen LogP contribution in [0.4, 0.5) is 14.6 Å². The van der Waals surface area contributed by atoms with Gasteiger partial charge in [-0.3, -0.25) is 0 Å². The first-order valence-electron chi connectivity index (χ1n) is 4.92. The molecule has 2 heterocycles. The largest absolute Gasteiger partial charge is 0.356 e. The molecule has 1 saturated heterocycles. The van der Waals surface area contributed by atoms with Gasteiger partial charge in [-0.2, -0.15) is 0 Å². The summed E-state index contributed by atoms with van der Waals surface area (Å²) in [6.45, 7) is 0.660. The summed E-state index contributed by atoms with van der Waals surface area (Å²) in [6, 6.07) is 3.60. The normalized spacial score (nSPS) is 19.9. The minimum Gasteiger partial charge on any atom is -0.356 e. The average Bonchev–Trinajstić information content (AvgIpc) is 2.15. The lowest BCUT2D eigenvalue weighted by atomic mass is 10.1. The minimum absolute atomic E-state index is 0.113. The van der Waals surface area contributed by atoms with Crippen molar-refractivity contribution < 1.29 is 8.78 Å². The van der Waals surface area contributed by atoms with Crippen LogP contribution in [-0.2, 0) is 0 Å². The Hall–Kier alpha value is -0.170. The highest BCUT2D eigenvalue weighted by Gasteiger charge is 2.34. The Morgan fingerprint density at radius 2 is 1.94 bits per heavy atom. The van der Waals surface area contributed by atoms with Crippen LogP contribution in [0, 0.1) is 3.57 Å². The predicted molar refractivity (Wildman–Crippen MR) is 68.4 cm³/mol. The van der Waals surface area contributed by atoms with Gasteiger partial charge in [0.15, 0.2) is 0 Å². The van der Waals surface area contributed by atoms with Crippen molar-refractivity contribution in [1.29, 1.82) is 0 Å². The van der Waals surface area contributed by atoms with Crippen LogP contribution in [0.2, 0.25) is 5.15 Å². The van der Waals surface area contributed by atoms with Gasteiger partial charge in [-0.15, -0.1) is 0 Å². The maximum atomic E-state index is 13.0. The second-order valence-electron chi connectivity index (χ2n) is 3.81. The van der Waals surface area contributed by atoms with Crippen molar-refractivity contribution >= 4 is 40.0 Å². The van der Waals surface area contributed by atoms with E-state index in [0.29, 0.717) is 24.1 Å². The highest BCUT2D eigenvalue weighted by Crippen LogP contribution is 2.30. The maximum absolute atomic E-state index is 13.0. The van der Waals surface area contributed by atoms with Gasteiger partial charge in [0, 0.05) is 29.5 Å². The molecule has 0 unspecified atom stereocenters. The summed E-state index contributed by atoms with van der Waals surface area (Å²) < 4.78 is 26.9. The molecule has 0 aliphatic carbocycles. The van der Waals surface area contributed by atoms with Crippen LogP contribution in [0.5, 0.6) is 0 Å². The summed E-state index contributed by atoms with van der Waals surface area (Å²) in [6.07, 6.45) is -0.227. The quantitative estimate of drug-likeness (QED) is 0.563. The molecule has 16 heavy (non-hydrogen) atoms. The summed E-state index contributed by atoms with van der Waals surface area (Å²) in [7, 11) is 0. The smallest absolute Gasteiger partial charge is 0.251 e. The van der Waals surface area contributed by atoms with Crippen molar-refractivity contribution in [2.45, 2.75) is 18.8 Å². The Morgan fingerprint density at radius 3 is 2.50 bits per heavy atom. The van der Waals surface area contributed by atoms with E-state index in [1.54, 1.807) is 6.07 Å². The molecule has 1 fully saturated rings. The van der Waals surface area contributed by atoms with E-state index < -0.39 is 5.92 Å². The second-order valence-corrected chi connectivity index (χ2v) is 5.44. The molecule has 0 bridgehead atoms. The van der Waals surface area contributed by atoms with Gasteiger partial charge in [-0.05, 0) is 34.7 Å². The topological polar surface area (TPSA) is 16.1 Å². The van der Waals surface area contributed by atoms with E-state index in [0.717, 1.165) is 3.57 Å². The van der Waals surface area contributed by atoms with Crippen LogP contribution in [0.25, 0.3) is 0 Å². The van der Waals surface area contributed by atoms with Crippen molar-refractivity contribution in [1.82, 2.24) is 4.98 Å². The Labute approximate surface area is 111 Å². The lowest BCUT2D eigenvalue weighted by molar-refractivity contribution is -0.0221. The van der Waals surface area contributed by atoms with Gasteiger partial charge in [0.05, 0.1) is 0 Å². The highest BCUT2D eigenvalue weighted by atomic mass is 127. The van der Waals surface area contributed by atoms with Crippen molar-refractivity contribution in [3.05, 3.63) is 20.9 Å². The lowest BCUT2D eigenvalue weighted by Crippen LogP contribution is -2.39. The number of piperidine rings is 1. The summed E-state index contributed by atoms with van der Waals surface area (Å²) in [5.74, 6) is -1.84. The van der Waals surface area contributed by atoms with Crippen molar-refractivity contribution in [3.63, 3.8) is 0 Å². The fraction of sp³-hybridized carbons (Fsp3) is 0.500. The fourth-order valence-electron chi connectivity index (χ4n) is 1.68. The van der Waals surface area contributed by atoms with Crippen LogP contribution in [0.3, 0.4) is 0 Å². The SMILES string of the molecule is FC1(F)CCN(c2cc(I)cc(Cl)n2)CC1. The van der Waals surface area contributed by atoms with E-state index in [4.69, 9.17) is 11.6 Å². The first kappa shape index (κ1) is 12.3. The fourth-order valence-corrected chi connectivity index (χ4v) is 2.64. The van der Waals surface area contributed by atoms with Crippen LogP contribution in [0.1, 0.15) is 12.8 Å². The number of aromatic nitrogens is 1. The molecule has 88 valence electrons. The van der Waals surface area contributed by atoms with Gasteiger partial charge >= 0.3 is 0 Å². The van der Waals surface area contributed by atoms with Gasteiger partial charge in [0.2, 0.25) is 0 Å². The third-order valence-electron chi connectivity index (χ3n) is 2.56. The van der Waals surface area contributed by atoms with Crippen LogP contribution >= 0.6 is 34.2 Å². The van der Waals surface area contributed by atoms with Gasteiger partial charge < -0.3 is 4.90 Å². The summed E-state index contributed by atoms with van der Waals surface area (Å²) >= 11 is 7.97. The van der Waals surface area contributed by atoms with E-state index in [-0.39, 0.29) is 12.8 Å². The lowest BCUT2D eigenvalue weighted by Gasteiger charge is -2.32. The number of hydrogen-bond donors (Lipinski definition) is 0. The Morgan fingerprint density at radius 1 is 1.31 bits per heavy atom. The van der Waals surface area contributed by atoms with Gasteiger partial charge in [0.25, 0.3) is 5.92 Å².